The minimum Gasteiger partial charge on any atom is -0.489 e. The number of fused-ring (bicyclic) bond motifs is 1. The number of pyridine rings is 1. The Bertz CT molecular complexity index is 477. The molecule has 1 aliphatic heterocycles. The Balaban J connectivity index is 1.85. The molecule has 4 heteroatoms. The number of rotatable bonds is 2. The summed E-state index contributed by atoms with van der Waals surface area (Å²) in [6.45, 7) is 2.12. The van der Waals surface area contributed by atoms with Gasteiger partial charge in [0.25, 0.3) is 0 Å². The molecule has 1 saturated heterocycles. The van der Waals surface area contributed by atoms with Gasteiger partial charge in [-0.15, -0.1) is 11.3 Å². The summed E-state index contributed by atoms with van der Waals surface area (Å²) in [4.78, 5) is 4.31. The van der Waals surface area contributed by atoms with Crippen molar-refractivity contribution < 1.29 is 4.74 Å². The average Bonchev–Trinajstić information content (AvgIpc) is 2.80. The number of nitrogens with one attached hydrogen (secondary N) is 1. The number of hydrogen-bond acceptors (Lipinski definition) is 4. The lowest BCUT2D eigenvalue weighted by molar-refractivity contribution is 0.165. The third kappa shape index (κ3) is 1.90. The zero-order valence-electron chi connectivity index (χ0n) is 8.98. The zero-order valence-corrected chi connectivity index (χ0v) is 9.80. The summed E-state index contributed by atoms with van der Waals surface area (Å²) in [6.07, 6.45) is 4.37. The van der Waals surface area contributed by atoms with Crippen molar-refractivity contribution in [1.82, 2.24) is 10.3 Å². The molecule has 2 aromatic heterocycles. The molecule has 2 aromatic rings. The second kappa shape index (κ2) is 4.39. The lowest BCUT2D eigenvalue weighted by atomic mass is 10.1. The third-order valence-electron chi connectivity index (χ3n) is 2.89. The number of nitrogens with zero attached hydrogens (tertiary/aromatic N) is 1. The van der Waals surface area contributed by atoms with Crippen molar-refractivity contribution in [3.8, 4) is 5.75 Å². The lowest BCUT2D eigenvalue weighted by Crippen LogP contribution is -2.34. The molecular formula is C12H14N2OS. The van der Waals surface area contributed by atoms with Gasteiger partial charge in [0.1, 0.15) is 11.9 Å². The first-order valence-electron chi connectivity index (χ1n) is 5.63. The summed E-state index contributed by atoms with van der Waals surface area (Å²) in [5.41, 5.74) is 1.04. The van der Waals surface area contributed by atoms with Crippen LogP contribution in [0.25, 0.3) is 10.2 Å². The van der Waals surface area contributed by atoms with Crippen LogP contribution >= 0.6 is 11.3 Å². The fourth-order valence-electron chi connectivity index (χ4n) is 2.04. The monoisotopic (exact) mass is 234 g/mol. The number of ether oxygens (including phenoxy) is 1. The number of piperidine rings is 1. The van der Waals surface area contributed by atoms with E-state index in [1.54, 1.807) is 11.3 Å². The zero-order chi connectivity index (χ0) is 10.8. The summed E-state index contributed by atoms with van der Waals surface area (Å²) in [5, 5.41) is 5.41. The van der Waals surface area contributed by atoms with Crippen molar-refractivity contribution in [3.05, 3.63) is 23.7 Å². The van der Waals surface area contributed by atoms with Gasteiger partial charge in [-0.1, -0.05) is 0 Å². The summed E-state index contributed by atoms with van der Waals surface area (Å²) in [6, 6.07) is 4.01. The standard InChI is InChI=1S/C12H14N2OS/c1-5-13-6-2-9(1)15-11-3-7-14-10-4-8-16-12(10)11/h3-4,7-9,13H,1-2,5-6H2. The Kier molecular flexibility index (Phi) is 2.76. The van der Waals surface area contributed by atoms with E-state index in [9.17, 15) is 0 Å². The van der Waals surface area contributed by atoms with Gasteiger partial charge >= 0.3 is 0 Å². The molecule has 1 fully saturated rings. The quantitative estimate of drug-likeness (QED) is 0.866. The van der Waals surface area contributed by atoms with Gasteiger partial charge in [-0.2, -0.15) is 0 Å². The van der Waals surface area contributed by atoms with E-state index >= 15 is 0 Å². The molecule has 16 heavy (non-hydrogen) atoms. The maximum Gasteiger partial charge on any atom is 0.140 e. The first-order chi connectivity index (χ1) is 7.93. The Morgan fingerprint density at radius 1 is 1.31 bits per heavy atom. The number of thiophene rings is 1. The highest BCUT2D eigenvalue weighted by molar-refractivity contribution is 7.17. The molecule has 1 aliphatic rings. The minimum atomic E-state index is 0.356. The maximum absolute atomic E-state index is 6.06. The fraction of sp³-hybridized carbons (Fsp3) is 0.417. The molecule has 0 spiro atoms. The van der Waals surface area contributed by atoms with Crippen LogP contribution < -0.4 is 10.1 Å². The SMILES string of the molecule is c1cc(OC2CCNCC2)c2sccc2n1. The normalized spacial score (nSPS) is 17.8. The smallest absolute Gasteiger partial charge is 0.140 e. The van der Waals surface area contributed by atoms with Crippen molar-refractivity contribution in [1.29, 1.82) is 0 Å². The maximum atomic E-state index is 6.06. The predicted molar refractivity (Wildman–Crippen MR) is 66.1 cm³/mol. The Labute approximate surface area is 98.5 Å². The van der Waals surface area contributed by atoms with Gasteiger partial charge in [-0.3, -0.25) is 4.98 Å². The molecule has 0 aromatic carbocycles. The third-order valence-corrected chi connectivity index (χ3v) is 3.81. The van der Waals surface area contributed by atoms with Crippen LogP contribution in [0.4, 0.5) is 0 Å². The predicted octanol–water partition coefficient (Wildman–Crippen LogP) is 2.43. The van der Waals surface area contributed by atoms with Gasteiger partial charge in [0, 0.05) is 6.20 Å². The first-order valence-corrected chi connectivity index (χ1v) is 6.51. The minimum absolute atomic E-state index is 0.356. The van der Waals surface area contributed by atoms with Crippen molar-refractivity contribution in [2.24, 2.45) is 0 Å². The van der Waals surface area contributed by atoms with Crippen molar-refractivity contribution >= 4 is 21.6 Å². The highest BCUT2D eigenvalue weighted by Crippen LogP contribution is 2.30. The molecular weight excluding hydrogens is 220 g/mol. The Morgan fingerprint density at radius 3 is 3.06 bits per heavy atom. The van der Waals surface area contributed by atoms with Crippen LogP contribution in [-0.4, -0.2) is 24.2 Å². The molecule has 0 bridgehead atoms. The van der Waals surface area contributed by atoms with E-state index in [4.69, 9.17) is 4.74 Å². The summed E-state index contributed by atoms with van der Waals surface area (Å²) in [7, 11) is 0. The van der Waals surface area contributed by atoms with E-state index in [2.05, 4.69) is 15.7 Å². The number of aromatic nitrogens is 1. The van der Waals surface area contributed by atoms with Gasteiger partial charge in [0.05, 0.1) is 10.2 Å². The van der Waals surface area contributed by atoms with E-state index in [1.807, 2.05) is 18.3 Å². The van der Waals surface area contributed by atoms with E-state index in [-0.39, 0.29) is 0 Å². The van der Waals surface area contributed by atoms with Crippen LogP contribution in [-0.2, 0) is 0 Å². The summed E-state index contributed by atoms with van der Waals surface area (Å²) >= 11 is 1.70. The van der Waals surface area contributed by atoms with Gasteiger partial charge in [0.2, 0.25) is 0 Å². The van der Waals surface area contributed by atoms with Crippen LogP contribution in [0.3, 0.4) is 0 Å². The van der Waals surface area contributed by atoms with E-state index < -0.39 is 0 Å². The van der Waals surface area contributed by atoms with E-state index in [1.165, 1.54) is 4.70 Å². The molecule has 0 radical (unpaired) electrons. The van der Waals surface area contributed by atoms with Crippen molar-refractivity contribution in [3.63, 3.8) is 0 Å². The van der Waals surface area contributed by atoms with Crippen LogP contribution in [0.15, 0.2) is 23.7 Å². The second-order valence-corrected chi connectivity index (χ2v) is 4.93. The van der Waals surface area contributed by atoms with Gasteiger partial charge in [-0.25, -0.2) is 0 Å². The van der Waals surface area contributed by atoms with E-state index in [0.29, 0.717) is 6.10 Å². The molecule has 3 heterocycles. The van der Waals surface area contributed by atoms with Crippen molar-refractivity contribution in [2.45, 2.75) is 18.9 Å². The summed E-state index contributed by atoms with van der Waals surface area (Å²) < 4.78 is 7.22. The Hall–Kier alpha value is -1.13. The van der Waals surface area contributed by atoms with Crippen LogP contribution in [0.5, 0.6) is 5.75 Å². The summed E-state index contributed by atoms with van der Waals surface area (Å²) in [5.74, 6) is 0.992. The largest absolute Gasteiger partial charge is 0.489 e. The Morgan fingerprint density at radius 2 is 2.19 bits per heavy atom. The molecule has 0 atom stereocenters. The highest BCUT2D eigenvalue weighted by atomic mass is 32.1. The lowest BCUT2D eigenvalue weighted by Gasteiger charge is -2.23. The molecule has 0 aliphatic carbocycles. The molecule has 3 nitrogen and oxygen atoms in total. The average molecular weight is 234 g/mol. The van der Waals surface area contributed by atoms with Crippen LogP contribution in [0.1, 0.15) is 12.8 Å². The fourth-order valence-corrected chi connectivity index (χ4v) is 2.84. The van der Waals surface area contributed by atoms with Gasteiger partial charge in [-0.05, 0) is 43.4 Å². The van der Waals surface area contributed by atoms with Gasteiger partial charge < -0.3 is 10.1 Å². The number of hydrogen-bond donors (Lipinski definition) is 1. The van der Waals surface area contributed by atoms with Gasteiger partial charge in [0.15, 0.2) is 0 Å². The van der Waals surface area contributed by atoms with Crippen molar-refractivity contribution in [2.75, 3.05) is 13.1 Å². The molecule has 84 valence electrons. The molecule has 0 saturated carbocycles. The van der Waals surface area contributed by atoms with Crippen LogP contribution in [0.2, 0.25) is 0 Å². The highest BCUT2D eigenvalue weighted by Gasteiger charge is 2.15. The van der Waals surface area contributed by atoms with E-state index in [0.717, 1.165) is 37.2 Å². The topological polar surface area (TPSA) is 34.1 Å². The molecule has 3 rings (SSSR count). The first kappa shape index (κ1) is 10.1. The second-order valence-electron chi connectivity index (χ2n) is 4.01. The molecule has 0 unspecified atom stereocenters. The molecule has 1 N–H and O–H groups in total. The molecule has 0 amide bonds. The van der Waals surface area contributed by atoms with Crippen LogP contribution in [0, 0.1) is 0 Å².